The first-order chi connectivity index (χ1) is 11.7. The van der Waals surface area contributed by atoms with Crippen LogP contribution in [0.5, 0.6) is 0 Å². The van der Waals surface area contributed by atoms with E-state index in [-0.39, 0.29) is 0 Å². The Morgan fingerprint density at radius 2 is 1.79 bits per heavy atom. The molecule has 1 N–H and O–H groups in total. The average Bonchev–Trinajstić information content (AvgIpc) is 2.62. The van der Waals surface area contributed by atoms with E-state index >= 15 is 0 Å². The SMILES string of the molecule is CN1CCC(C2(C3CCCCN3)CN(C)Cc3ccccc32)CC1. The van der Waals surface area contributed by atoms with Crippen molar-refractivity contribution in [2.24, 2.45) is 5.92 Å². The van der Waals surface area contributed by atoms with Gasteiger partial charge in [0.1, 0.15) is 0 Å². The fraction of sp³-hybridized carbons (Fsp3) is 0.714. The van der Waals surface area contributed by atoms with E-state index in [9.17, 15) is 0 Å². The van der Waals surface area contributed by atoms with E-state index in [1.54, 1.807) is 11.1 Å². The van der Waals surface area contributed by atoms with E-state index < -0.39 is 0 Å². The molecule has 0 aliphatic carbocycles. The molecule has 24 heavy (non-hydrogen) atoms. The molecule has 2 atom stereocenters. The minimum atomic E-state index is 0.297. The van der Waals surface area contributed by atoms with Gasteiger partial charge in [0.25, 0.3) is 0 Å². The van der Waals surface area contributed by atoms with Crippen molar-refractivity contribution in [3.63, 3.8) is 0 Å². The Bertz CT molecular complexity index is 558. The lowest BCUT2D eigenvalue weighted by atomic mass is 9.58. The second kappa shape index (κ2) is 6.78. The molecule has 2 fully saturated rings. The number of piperidine rings is 2. The maximum absolute atomic E-state index is 3.96. The molecule has 2 saturated heterocycles. The first-order valence-electron chi connectivity index (χ1n) is 9.89. The highest BCUT2D eigenvalue weighted by Gasteiger charge is 2.50. The molecule has 3 nitrogen and oxygen atoms in total. The van der Waals surface area contributed by atoms with Crippen LogP contribution in [-0.2, 0) is 12.0 Å². The van der Waals surface area contributed by atoms with E-state index in [1.807, 2.05) is 0 Å². The quantitative estimate of drug-likeness (QED) is 0.901. The van der Waals surface area contributed by atoms with Crippen LogP contribution in [0.15, 0.2) is 24.3 Å². The first-order valence-corrected chi connectivity index (χ1v) is 9.89. The molecular formula is C21H33N3. The summed E-state index contributed by atoms with van der Waals surface area (Å²) >= 11 is 0. The molecule has 0 aromatic heterocycles. The zero-order valence-electron chi connectivity index (χ0n) is 15.4. The van der Waals surface area contributed by atoms with E-state index in [0.29, 0.717) is 11.5 Å². The second-order valence-corrected chi connectivity index (χ2v) is 8.45. The monoisotopic (exact) mass is 327 g/mol. The molecule has 1 aromatic rings. The van der Waals surface area contributed by atoms with Gasteiger partial charge in [-0.15, -0.1) is 0 Å². The highest BCUT2D eigenvalue weighted by molar-refractivity contribution is 5.40. The molecule has 0 radical (unpaired) electrons. The molecule has 0 spiro atoms. The zero-order chi connectivity index (χ0) is 16.6. The first kappa shape index (κ1) is 16.6. The Morgan fingerprint density at radius 3 is 2.54 bits per heavy atom. The van der Waals surface area contributed by atoms with Crippen LogP contribution >= 0.6 is 0 Å². The fourth-order valence-electron chi connectivity index (χ4n) is 5.74. The van der Waals surface area contributed by atoms with Gasteiger partial charge in [0, 0.05) is 24.5 Å². The summed E-state index contributed by atoms with van der Waals surface area (Å²) in [5.41, 5.74) is 3.53. The summed E-state index contributed by atoms with van der Waals surface area (Å²) in [4.78, 5) is 5.09. The molecule has 1 aromatic carbocycles. The van der Waals surface area contributed by atoms with Crippen LogP contribution in [-0.4, -0.2) is 56.1 Å². The highest BCUT2D eigenvalue weighted by atomic mass is 15.1. The van der Waals surface area contributed by atoms with E-state index in [1.165, 1.54) is 58.3 Å². The number of fused-ring (bicyclic) bond motifs is 1. The summed E-state index contributed by atoms with van der Waals surface area (Å²) in [6.45, 7) is 6.04. The fourth-order valence-corrected chi connectivity index (χ4v) is 5.74. The third-order valence-electron chi connectivity index (χ3n) is 6.87. The van der Waals surface area contributed by atoms with Gasteiger partial charge in [-0.25, -0.2) is 0 Å². The normalized spacial score (nSPS) is 33.3. The molecule has 132 valence electrons. The second-order valence-electron chi connectivity index (χ2n) is 8.45. The lowest BCUT2D eigenvalue weighted by molar-refractivity contribution is 0.0575. The molecule has 3 aliphatic rings. The summed E-state index contributed by atoms with van der Waals surface area (Å²) in [7, 11) is 4.60. The number of likely N-dealkylation sites (N-methyl/N-ethyl adjacent to an activating group) is 1. The van der Waals surface area contributed by atoms with Gasteiger partial charge in [-0.1, -0.05) is 30.7 Å². The smallest absolute Gasteiger partial charge is 0.0266 e. The van der Waals surface area contributed by atoms with Crippen LogP contribution in [0.2, 0.25) is 0 Å². The van der Waals surface area contributed by atoms with Gasteiger partial charge in [0.05, 0.1) is 0 Å². The van der Waals surface area contributed by atoms with E-state index in [2.05, 4.69) is 53.5 Å². The van der Waals surface area contributed by atoms with Gasteiger partial charge in [-0.3, -0.25) is 0 Å². The molecule has 3 aliphatic heterocycles. The van der Waals surface area contributed by atoms with Crippen molar-refractivity contribution in [1.29, 1.82) is 0 Å². The Balaban J connectivity index is 1.78. The Hall–Kier alpha value is -0.900. The number of hydrogen-bond donors (Lipinski definition) is 1. The largest absolute Gasteiger partial charge is 0.313 e. The molecular weight excluding hydrogens is 294 g/mol. The molecule has 3 heteroatoms. The minimum Gasteiger partial charge on any atom is -0.313 e. The molecule has 4 rings (SSSR count). The summed E-state index contributed by atoms with van der Waals surface area (Å²) in [6.07, 6.45) is 6.76. The summed E-state index contributed by atoms with van der Waals surface area (Å²) in [6, 6.07) is 9.97. The van der Waals surface area contributed by atoms with Crippen molar-refractivity contribution in [1.82, 2.24) is 15.1 Å². The summed E-state index contributed by atoms with van der Waals surface area (Å²) in [5, 5.41) is 3.96. The summed E-state index contributed by atoms with van der Waals surface area (Å²) < 4.78 is 0. The van der Waals surface area contributed by atoms with Crippen LogP contribution in [0.1, 0.15) is 43.2 Å². The molecule has 0 saturated carbocycles. The van der Waals surface area contributed by atoms with Crippen molar-refractivity contribution in [2.75, 3.05) is 40.3 Å². The number of likely N-dealkylation sites (tertiary alicyclic amines) is 1. The molecule has 0 bridgehead atoms. The van der Waals surface area contributed by atoms with Gasteiger partial charge in [-0.05, 0) is 76.5 Å². The summed E-state index contributed by atoms with van der Waals surface area (Å²) in [5.74, 6) is 0.799. The lowest BCUT2D eigenvalue weighted by Crippen LogP contribution is -2.62. The van der Waals surface area contributed by atoms with Crippen molar-refractivity contribution in [3.05, 3.63) is 35.4 Å². The third-order valence-corrected chi connectivity index (χ3v) is 6.87. The maximum Gasteiger partial charge on any atom is 0.0266 e. The number of benzene rings is 1. The third kappa shape index (κ3) is 2.81. The van der Waals surface area contributed by atoms with Crippen LogP contribution in [0, 0.1) is 5.92 Å². The maximum atomic E-state index is 3.96. The van der Waals surface area contributed by atoms with Crippen LogP contribution in [0.3, 0.4) is 0 Å². The predicted octanol–water partition coefficient (Wildman–Crippen LogP) is 2.85. The average molecular weight is 328 g/mol. The van der Waals surface area contributed by atoms with Gasteiger partial charge in [-0.2, -0.15) is 0 Å². The van der Waals surface area contributed by atoms with Crippen molar-refractivity contribution in [2.45, 2.75) is 50.1 Å². The van der Waals surface area contributed by atoms with E-state index in [0.717, 1.165) is 12.5 Å². The van der Waals surface area contributed by atoms with E-state index in [4.69, 9.17) is 0 Å². The minimum absolute atomic E-state index is 0.297. The molecule has 0 amide bonds. The number of hydrogen-bond acceptors (Lipinski definition) is 3. The van der Waals surface area contributed by atoms with Crippen LogP contribution in [0.25, 0.3) is 0 Å². The zero-order valence-corrected chi connectivity index (χ0v) is 15.4. The standard InChI is InChI=1S/C21H33N3/c1-23-13-10-18(11-14-23)21(20-9-5-6-12-22-20)16-24(2)15-17-7-3-4-8-19(17)21/h3-4,7-8,18,20,22H,5-6,9-16H2,1-2H3. The highest BCUT2D eigenvalue weighted by Crippen LogP contribution is 2.47. The van der Waals surface area contributed by atoms with Gasteiger partial charge in [0.2, 0.25) is 0 Å². The van der Waals surface area contributed by atoms with Crippen LogP contribution < -0.4 is 5.32 Å². The van der Waals surface area contributed by atoms with Gasteiger partial charge in [0.15, 0.2) is 0 Å². The Morgan fingerprint density at radius 1 is 1.00 bits per heavy atom. The number of rotatable bonds is 2. The Kier molecular flexibility index (Phi) is 4.68. The predicted molar refractivity (Wildman–Crippen MR) is 100 cm³/mol. The van der Waals surface area contributed by atoms with Crippen LogP contribution in [0.4, 0.5) is 0 Å². The lowest BCUT2D eigenvalue weighted by Gasteiger charge is -2.55. The van der Waals surface area contributed by atoms with Gasteiger partial charge >= 0.3 is 0 Å². The Labute approximate surface area is 147 Å². The topological polar surface area (TPSA) is 18.5 Å². The number of nitrogens with one attached hydrogen (secondary N) is 1. The molecule has 3 heterocycles. The molecule has 2 unspecified atom stereocenters. The van der Waals surface area contributed by atoms with Crippen molar-refractivity contribution >= 4 is 0 Å². The number of nitrogens with zero attached hydrogens (tertiary/aromatic N) is 2. The van der Waals surface area contributed by atoms with Crippen molar-refractivity contribution < 1.29 is 0 Å². The van der Waals surface area contributed by atoms with Gasteiger partial charge < -0.3 is 15.1 Å². The van der Waals surface area contributed by atoms with Crippen molar-refractivity contribution in [3.8, 4) is 0 Å².